The first-order valence-electron chi connectivity index (χ1n) is 7.91. The van der Waals surface area contributed by atoms with Gasteiger partial charge in [-0.2, -0.15) is 0 Å². The number of hydrogen-bond donors (Lipinski definition) is 1. The van der Waals surface area contributed by atoms with E-state index < -0.39 is 5.91 Å². The average molecular weight is 324 g/mol. The van der Waals surface area contributed by atoms with Crippen LogP contribution in [-0.4, -0.2) is 22.8 Å². The van der Waals surface area contributed by atoms with Crippen LogP contribution in [-0.2, 0) is 13.1 Å². The molecule has 24 heavy (non-hydrogen) atoms. The fourth-order valence-corrected chi connectivity index (χ4v) is 2.86. The number of amides is 2. The zero-order chi connectivity index (χ0) is 17.3. The van der Waals surface area contributed by atoms with Crippen LogP contribution in [0.25, 0.3) is 0 Å². The molecule has 2 aromatic carbocycles. The quantitative estimate of drug-likeness (QED) is 0.940. The molecule has 0 bridgehead atoms. The van der Waals surface area contributed by atoms with Gasteiger partial charge >= 0.3 is 0 Å². The van der Waals surface area contributed by atoms with Crippen LogP contribution in [0.5, 0.6) is 5.75 Å². The van der Waals surface area contributed by atoms with Gasteiger partial charge in [-0.25, -0.2) is 0 Å². The van der Waals surface area contributed by atoms with Crippen molar-refractivity contribution in [3.8, 4) is 5.75 Å². The van der Waals surface area contributed by atoms with Crippen molar-refractivity contribution in [1.82, 2.24) is 4.90 Å². The summed E-state index contributed by atoms with van der Waals surface area (Å²) in [7, 11) is 0. The highest BCUT2D eigenvalue weighted by molar-refractivity contribution is 6.00. The lowest BCUT2D eigenvalue weighted by Crippen LogP contribution is -2.26. The van der Waals surface area contributed by atoms with Crippen LogP contribution in [0.15, 0.2) is 42.5 Å². The third-order valence-corrected chi connectivity index (χ3v) is 3.94. The van der Waals surface area contributed by atoms with Crippen LogP contribution in [0.1, 0.15) is 45.7 Å². The number of carbonyl (C=O) groups is 2. The van der Waals surface area contributed by atoms with Gasteiger partial charge in [0.15, 0.2) is 0 Å². The van der Waals surface area contributed by atoms with Crippen molar-refractivity contribution in [2.75, 3.05) is 0 Å². The summed E-state index contributed by atoms with van der Waals surface area (Å²) in [5.74, 6) is -0.243. The fourth-order valence-electron chi connectivity index (χ4n) is 2.86. The standard InChI is InChI=1S/C19H20N2O3/c1-12(2)24-17-8-15(18(20)22)7-16(9-17)19(23)21-10-13-5-3-4-6-14(13)11-21/h3-9,12H,10-11H2,1-2H3,(H2,20,22). The second-order valence-electron chi connectivity index (χ2n) is 6.21. The molecule has 2 amide bonds. The van der Waals surface area contributed by atoms with Gasteiger partial charge in [-0.3, -0.25) is 9.59 Å². The van der Waals surface area contributed by atoms with Gasteiger partial charge in [0.2, 0.25) is 5.91 Å². The Bertz CT molecular complexity index is 774. The van der Waals surface area contributed by atoms with Crippen molar-refractivity contribution < 1.29 is 14.3 Å². The lowest BCUT2D eigenvalue weighted by atomic mass is 10.1. The minimum Gasteiger partial charge on any atom is -0.491 e. The summed E-state index contributed by atoms with van der Waals surface area (Å²) in [6, 6.07) is 12.7. The minimum absolute atomic E-state index is 0.0629. The molecule has 0 saturated carbocycles. The largest absolute Gasteiger partial charge is 0.491 e. The molecule has 0 saturated heterocycles. The van der Waals surface area contributed by atoms with E-state index in [1.807, 2.05) is 38.1 Å². The normalized spacial score (nSPS) is 13.0. The van der Waals surface area contributed by atoms with Crippen molar-refractivity contribution in [2.45, 2.75) is 33.0 Å². The Balaban J connectivity index is 1.89. The number of nitrogens with two attached hydrogens (primary N) is 1. The van der Waals surface area contributed by atoms with Gasteiger partial charge in [-0.15, -0.1) is 0 Å². The summed E-state index contributed by atoms with van der Waals surface area (Å²) in [4.78, 5) is 26.2. The van der Waals surface area contributed by atoms with Crippen LogP contribution >= 0.6 is 0 Å². The highest BCUT2D eigenvalue weighted by Gasteiger charge is 2.25. The predicted octanol–water partition coefficient (Wildman–Crippen LogP) is 2.73. The van der Waals surface area contributed by atoms with E-state index in [4.69, 9.17) is 10.5 Å². The number of carbonyl (C=O) groups excluding carboxylic acids is 2. The molecule has 0 fully saturated rings. The zero-order valence-electron chi connectivity index (χ0n) is 13.8. The summed E-state index contributed by atoms with van der Waals surface area (Å²) in [5, 5.41) is 0. The first kappa shape index (κ1) is 16.1. The number of primary amides is 1. The molecule has 1 heterocycles. The lowest BCUT2D eigenvalue weighted by molar-refractivity contribution is 0.0750. The Hall–Kier alpha value is -2.82. The predicted molar refractivity (Wildman–Crippen MR) is 90.7 cm³/mol. The molecule has 5 heteroatoms. The molecule has 0 atom stereocenters. The Morgan fingerprint density at radius 3 is 2.17 bits per heavy atom. The maximum atomic E-state index is 12.8. The van der Waals surface area contributed by atoms with Gasteiger partial charge in [0.1, 0.15) is 5.75 Å². The second kappa shape index (κ2) is 6.35. The Kier molecular flexibility index (Phi) is 4.25. The molecule has 0 unspecified atom stereocenters. The fraction of sp³-hybridized carbons (Fsp3) is 0.263. The number of nitrogens with zero attached hydrogens (tertiary/aromatic N) is 1. The molecule has 0 radical (unpaired) electrons. The second-order valence-corrected chi connectivity index (χ2v) is 6.21. The van der Waals surface area contributed by atoms with E-state index in [1.54, 1.807) is 17.0 Å². The SMILES string of the molecule is CC(C)Oc1cc(C(N)=O)cc(C(=O)N2Cc3ccccc3C2)c1. The van der Waals surface area contributed by atoms with E-state index in [9.17, 15) is 9.59 Å². The topological polar surface area (TPSA) is 72.6 Å². The zero-order valence-corrected chi connectivity index (χ0v) is 13.8. The monoisotopic (exact) mass is 324 g/mol. The van der Waals surface area contributed by atoms with Crippen molar-refractivity contribution in [2.24, 2.45) is 5.73 Å². The molecule has 2 aromatic rings. The highest BCUT2D eigenvalue weighted by Crippen LogP contribution is 2.26. The lowest BCUT2D eigenvalue weighted by Gasteiger charge is -2.17. The van der Waals surface area contributed by atoms with Crippen LogP contribution < -0.4 is 10.5 Å². The molecule has 1 aliphatic rings. The molecule has 2 N–H and O–H groups in total. The molecule has 0 aliphatic carbocycles. The van der Waals surface area contributed by atoms with Gasteiger partial charge in [0.05, 0.1) is 6.10 Å². The Labute approximate surface area is 141 Å². The molecule has 3 rings (SSSR count). The Morgan fingerprint density at radius 2 is 1.62 bits per heavy atom. The summed E-state index contributed by atoms with van der Waals surface area (Å²) < 4.78 is 5.64. The number of ether oxygens (including phenoxy) is 1. The smallest absolute Gasteiger partial charge is 0.254 e. The molecule has 5 nitrogen and oxygen atoms in total. The van der Waals surface area contributed by atoms with Crippen LogP contribution in [0, 0.1) is 0 Å². The van der Waals surface area contributed by atoms with Gasteiger partial charge < -0.3 is 15.4 Å². The Morgan fingerprint density at radius 1 is 1.04 bits per heavy atom. The first-order valence-corrected chi connectivity index (χ1v) is 7.91. The van der Waals surface area contributed by atoms with Crippen molar-refractivity contribution in [1.29, 1.82) is 0 Å². The van der Waals surface area contributed by atoms with Crippen LogP contribution in [0.3, 0.4) is 0 Å². The van der Waals surface area contributed by atoms with Gasteiger partial charge in [0, 0.05) is 24.2 Å². The molecular formula is C19H20N2O3. The van der Waals surface area contributed by atoms with Crippen molar-refractivity contribution >= 4 is 11.8 Å². The van der Waals surface area contributed by atoms with E-state index in [-0.39, 0.29) is 17.6 Å². The molecule has 0 aromatic heterocycles. The summed E-state index contributed by atoms with van der Waals surface area (Å²) in [6.45, 7) is 4.90. The minimum atomic E-state index is -0.581. The van der Waals surface area contributed by atoms with E-state index in [1.165, 1.54) is 6.07 Å². The third kappa shape index (κ3) is 3.25. The summed E-state index contributed by atoms with van der Waals surface area (Å²) in [6.07, 6.45) is -0.0629. The van der Waals surface area contributed by atoms with Gasteiger partial charge in [-0.05, 0) is 43.2 Å². The molecule has 1 aliphatic heterocycles. The van der Waals surface area contributed by atoms with Crippen molar-refractivity contribution in [3.63, 3.8) is 0 Å². The van der Waals surface area contributed by atoms with E-state index in [0.717, 1.165) is 11.1 Å². The molecular weight excluding hydrogens is 304 g/mol. The first-order chi connectivity index (χ1) is 11.4. The number of fused-ring (bicyclic) bond motifs is 1. The summed E-state index contributed by atoms with van der Waals surface area (Å²) in [5.41, 5.74) is 8.37. The van der Waals surface area contributed by atoms with Crippen LogP contribution in [0.2, 0.25) is 0 Å². The molecule has 124 valence electrons. The van der Waals surface area contributed by atoms with Crippen molar-refractivity contribution in [3.05, 3.63) is 64.7 Å². The summed E-state index contributed by atoms with van der Waals surface area (Å²) >= 11 is 0. The van der Waals surface area contributed by atoms with E-state index in [0.29, 0.717) is 24.4 Å². The average Bonchev–Trinajstić information content (AvgIpc) is 2.97. The number of hydrogen-bond acceptors (Lipinski definition) is 3. The van der Waals surface area contributed by atoms with Crippen LogP contribution in [0.4, 0.5) is 0 Å². The molecule has 0 spiro atoms. The van der Waals surface area contributed by atoms with E-state index in [2.05, 4.69) is 0 Å². The number of rotatable bonds is 4. The maximum absolute atomic E-state index is 12.8. The maximum Gasteiger partial charge on any atom is 0.254 e. The highest BCUT2D eigenvalue weighted by atomic mass is 16.5. The third-order valence-electron chi connectivity index (χ3n) is 3.94. The van der Waals surface area contributed by atoms with E-state index >= 15 is 0 Å². The van der Waals surface area contributed by atoms with Gasteiger partial charge in [-0.1, -0.05) is 24.3 Å². The van der Waals surface area contributed by atoms with Gasteiger partial charge in [0.25, 0.3) is 5.91 Å². The number of benzene rings is 2.